The number of nitrogens with zero attached hydrogens (tertiary/aromatic N) is 3. The first-order chi connectivity index (χ1) is 17.6. The number of sulfonamides is 1. The molecule has 0 spiro atoms. The second-order valence-electron chi connectivity index (χ2n) is 8.89. The highest BCUT2D eigenvalue weighted by Gasteiger charge is 2.37. The molecule has 1 aromatic carbocycles. The van der Waals surface area contributed by atoms with E-state index in [1.54, 1.807) is 37.3 Å². The van der Waals surface area contributed by atoms with E-state index in [0.29, 0.717) is 44.3 Å². The maximum atomic E-state index is 13.0. The third-order valence-corrected chi connectivity index (χ3v) is 7.48. The van der Waals surface area contributed by atoms with Crippen molar-refractivity contribution in [2.75, 3.05) is 26.2 Å². The molecule has 15 heteroatoms. The molecule has 3 atom stereocenters. The Hall–Kier alpha value is -3.30. The van der Waals surface area contributed by atoms with Gasteiger partial charge in [-0.2, -0.15) is 0 Å². The molecule has 204 valence electrons. The minimum Gasteiger partial charge on any atom is -0.356 e. The van der Waals surface area contributed by atoms with Crippen LogP contribution in [0, 0.1) is 15.5 Å². The Labute approximate surface area is 215 Å². The van der Waals surface area contributed by atoms with E-state index in [1.807, 2.05) is 5.43 Å². The second-order valence-corrected chi connectivity index (χ2v) is 10.6. The van der Waals surface area contributed by atoms with Gasteiger partial charge in [0.25, 0.3) is 5.96 Å². The summed E-state index contributed by atoms with van der Waals surface area (Å²) >= 11 is 0. The summed E-state index contributed by atoms with van der Waals surface area (Å²) in [5.41, 5.74) is 2.41. The van der Waals surface area contributed by atoms with E-state index < -0.39 is 51.1 Å². The van der Waals surface area contributed by atoms with Crippen LogP contribution in [0.5, 0.6) is 0 Å². The van der Waals surface area contributed by atoms with Crippen molar-refractivity contribution in [1.82, 2.24) is 25.3 Å². The van der Waals surface area contributed by atoms with Crippen molar-refractivity contribution in [1.29, 1.82) is 5.41 Å². The molecule has 0 bridgehead atoms. The highest BCUT2D eigenvalue weighted by molar-refractivity contribution is 7.88. The summed E-state index contributed by atoms with van der Waals surface area (Å²) in [6, 6.07) is 7.12. The summed E-state index contributed by atoms with van der Waals surface area (Å²) < 4.78 is 33.4. The van der Waals surface area contributed by atoms with Crippen molar-refractivity contribution in [3.05, 3.63) is 46.0 Å². The number of likely N-dealkylation sites (tertiary alicyclic amines) is 2. The minimum absolute atomic E-state index is 0.255. The number of hydrogen-bond acceptors (Lipinski definition) is 8. The molecule has 2 aliphatic rings. The fraction of sp³-hybridized carbons (Fsp3) is 0.591. The van der Waals surface area contributed by atoms with E-state index in [-0.39, 0.29) is 18.9 Å². The van der Waals surface area contributed by atoms with Crippen LogP contribution >= 0.6 is 0 Å². The van der Waals surface area contributed by atoms with Gasteiger partial charge in [0.05, 0.1) is 18.3 Å². The van der Waals surface area contributed by atoms with Crippen LogP contribution in [0.3, 0.4) is 0 Å². The number of benzene rings is 1. The summed E-state index contributed by atoms with van der Waals surface area (Å²) in [5, 5.41) is 20.7. The molecule has 2 heterocycles. The number of hydrazine groups is 1. The Bertz CT molecular complexity index is 1090. The molecule has 1 aromatic rings. The van der Waals surface area contributed by atoms with Crippen molar-refractivity contribution in [3.8, 4) is 0 Å². The number of nitrogens with one attached hydrogen (secondary N) is 4. The van der Waals surface area contributed by atoms with Gasteiger partial charge in [0.15, 0.2) is 11.3 Å². The quantitative estimate of drug-likeness (QED) is 0.135. The summed E-state index contributed by atoms with van der Waals surface area (Å²) in [6.07, 6.45) is 1.15. The molecule has 2 amide bonds. The smallest absolute Gasteiger partial charge is 0.256 e. The highest BCUT2D eigenvalue weighted by Crippen LogP contribution is 2.20. The van der Waals surface area contributed by atoms with E-state index in [4.69, 9.17) is 10.1 Å². The Morgan fingerprint density at radius 1 is 1.22 bits per heavy atom. The van der Waals surface area contributed by atoms with Crippen LogP contribution in [0.2, 0.25) is 0 Å². The molecule has 3 unspecified atom stereocenters. The largest absolute Gasteiger partial charge is 0.356 e. The fourth-order valence-electron chi connectivity index (χ4n) is 4.56. The zero-order valence-electron chi connectivity index (χ0n) is 20.6. The molecule has 0 saturated carbocycles. The number of carbonyl (C=O) groups is 2. The summed E-state index contributed by atoms with van der Waals surface area (Å²) in [5.74, 6) is -1.64. The molecular formula is C22H33N7O7S. The van der Waals surface area contributed by atoms with Gasteiger partial charge in [-0.3, -0.25) is 15.0 Å². The van der Waals surface area contributed by atoms with Crippen molar-refractivity contribution in [2.24, 2.45) is 0 Å². The summed E-state index contributed by atoms with van der Waals surface area (Å²) in [7, 11) is -3.77. The van der Waals surface area contributed by atoms with Gasteiger partial charge in [-0.1, -0.05) is 35.8 Å². The number of carbonyl (C=O) groups excluding carboxylic acids is 2. The molecule has 0 aliphatic carbocycles. The number of nitro groups is 1. The average molecular weight is 540 g/mol. The minimum atomic E-state index is -3.77. The summed E-state index contributed by atoms with van der Waals surface area (Å²) in [6.45, 7) is 2.38. The maximum Gasteiger partial charge on any atom is 0.256 e. The van der Waals surface area contributed by atoms with Crippen molar-refractivity contribution in [2.45, 2.75) is 56.7 Å². The molecule has 3 rings (SSSR count). The third kappa shape index (κ3) is 8.10. The number of hydrogen-bond donors (Lipinski definition) is 4. The van der Waals surface area contributed by atoms with E-state index >= 15 is 0 Å². The van der Waals surface area contributed by atoms with Crippen LogP contribution in [-0.2, 0) is 30.1 Å². The maximum absolute atomic E-state index is 13.0. The number of guanidine groups is 1. The first kappa shape index (κ1) is 28.3. The van der Waals surface area contributed by atoms with Crippen molar-refractivity contribution >= 4 is 27.8 Å². The standard InChI is InChI=1S/C22H33N7O7S/c1-2-36-21-18(11-7-13-28(21)22(23)25-29(32)33)24-19(30)14-27-12-6-10-17(20(27)31)26-37(34,35)15-16-8-4-3-5-9-16/h3-5,8-9,17-18,21,26H,2,6-7,10-15H2,1H3,(H2,23,25)(H,24,30). The lowest BCUT2D eigenvalue weighted by atomic mass is 10.0. The molecule has 37 heavy (non-hydrogen) atoms. The SMILES string of the molecule is CCOC1C(NC(=O)CN2CCCC(NS(=O)(=O)Cc3ccccc3)C2=O)CCCN1C(=N)N[N+](=O)[O-]. The van der Waals surface area contributed by atoms with E-state index in [9.17, 15) is 28.1 Å². The van der Waals surface area contributed by atoms with E-state index in [2.05, 4.69) is 10.0 Å². The van der Waals surface area contributed by atoms with Crippen LogP contribution < -0.4 is 15.5 Å². The predicted molar refractivity (Wildman–Crippen MR) is 133 cm³/mol. The van der Waals surface area contributed by atoms with Crippen LogP contribution in [-0.4, -0.2) is 85.6 Å². The molecule has 4 N–H and O–H groups in total. The van der Waals surface area contributed by atoms with E-state index in [0.717, 1.165) is 0 Å². The van der Waals surface area contributed by atoms with Crippen molar-refractivity contribution < 1.29 is 27.8 Å². The second kappa shape index (κ2) is 12.8. The molecular weight excluding hydrogens is 506 g/mol. The third-order valence-electron chi connectivity index (χ3n) is 6.12. The number of amides is 2. The van der Waals surface area contributed by atoms with Crippen LogP contribution in [0.1, 0.15) is 38.2 Å². The van der Waals surface area contributed by atoms with Gasteiger partial charge in [-0.15, -0.1) is 0 Å². The first-order valence-electron chi connectivity index (χ1n) is 12.1. The van der Waals surface area contributed by atoms with Crippen LogP contribution in [0.4, 0.5) is 0 Å². The zero-order chi connectivity index (χ0) is 27.0. The number of piperidine rings is 2. The van der Waals surface area contributed by atoms with Gasteiger partial charge in [-0.05, 0) is 38.2 Å². The molecule has 2 saturated heterocycles. The molecule has 14 nitrogen and oxygen atoms in total. The first-order valence-corrected chi connectivity index (χ1v) is 13.7. The number of rotatable bonds is 10. The highest BCUT2D eigenvalue weighted by atomic mass is 32.2. The molecule has 2 aliphatic heterocycles. The van der Waals surface area contributed by atoms with Gasteiger partial charge in [0.2, 0.25) is 21.8 Å². The van der Waals surface area contributed by atoms with Crippen LogP contribution in [0.15, 0.2) is 30.3 Å². The van der Waals surface area contributed by atoms with Gasteiger partial charge in [0.1, 0.15) is 6.04 Å². The monoisotopic (exact) mass is 539 g/mol. The average Bonchev–Trinajstić information content (AvgIpc) is 2.82. The lowest BCUT2D eigenvalue weighted by Gasteiger charge is -2.41. The van der Waals surface area contributed by atoms with E-state index in [1.165, 1.54) is 9.80 Å². The Morgan fingerprint density at radius 2 is 1.92 bits per heavy atom. The Morgan fingerprint density at radius 3 is 2.59 bits per heavy atom. The van der Waals surface area contributed by atoms with Gasteiger partial charge >= 0.3 is 0 Å². The molecule has 2 fully saturated rings. The van der Waals surface area contributed by atoms with Gasteiger partial charge in [0, 0.05) is 19.7 Å². The lowest BCUT2D eigenvalue weighted by Crippen LogP contribution is -2.62. The Balaban J connectivity index is 1.59. The lowest BCUT2D eigenvalue weighted by molar-refractivity contribution is -0.527. The molecule has 0 aromatic heterocycles. The molecule has 0 radical (unpaired) electrons. The topological polar surface area (TPSA) is 187 Å². The van der Waals surface area contributed by atoms with Gasteiger partial charge in [-0.25, -0.2) is 23.3 Å². The van der Waals surface area contributed by atoms with Gasteiger partial charge < -0.3 is 19.9 Å². The Kier molecular flexibility index (Phi) is 9.77. The van der Waals surface area contributed by atoms with Crippen LogP contribution in [0.25, 0.3) is 0 Å². The van der Waals surface area contributed by atoms with Crippen molar-refractivity contribution in [3.63, 3.8) is 0 Å². The summed E-state index contributed by atoms with van der Waals surface area (Å²) in [4.78, 5) is 39.3. The predicted octanol–water partition coefficient (Wildman–Crippen LogP) is -0.244. The normalized spacial score (nSPS) is 22.4. The fourth-order valence-corrected chi connectivity index (χ4v) is 5.93. The number of ether oxygens (including phenoxy) is 1. The zero-order valence-corrected chi connectivity index (χ0v) is 21.4.